The number of guanidine groups is 1. The minimum absolute atomic E-state index is 0.0229. The van der Waals surface area contributed by atoms with Gasteiger partial charge >= 0.3 is 0 Å². The molecule has 8 heteroatoms. The molecule has 1 amide bonds. The molecule has 30 heavy (non-hydrogen) atoms. The number of aromatic nitrogens is 2. The van der Waals surface area contributed by atoms with Crippen LogP contribution in [0, 0.1) is 6.92 Å². The maximum atomic E-state index is 13.1. The van der Waals surface area contributed by atoms with Gasteiger partial charge in [0, 0.05) is 43.1 Å². The number of carbonyl (C=O) groups excluding carboxylic acids is 1. The number of rotatable bonds is 4. The van der Waals surface area contributed by atoms with E-state index in [1.807, 2.05) is 32.0 Å². The molecular formula is C22H26ClN5O2. The van der Waals surface area contributed by atoms with E-state index in [0.29, 0.717) is 24.7 Å². The number of ether oxygens (including phenoxy) is 1. The first-order valence-electron chi connectivity index (χ1n) is 10.2. The maximum Gasteiger partial charge on any atom is 0.232 e. The van der Waals surface area contributed by atoms with Crippen molar-refractivity contribution in [2.45, 2.75) is 51.1 Å². The molecule has 0 aliphatic carbocycles. The number of hydrogen-bond donors (Lipinski definition) is 1. The van der Waals surface area contributed by atoms with E-state index in [4.69, 9.17) is 27.1 Å². The predicted molar refractivity (Wildman–Crippen MR) is 115 cm³/mol. The number of nitrogens with two attached hydrogens (primary N) is 1. The van der Waals surface area contributed by atoms with E-state index in [0.717, 1.165) is 35.4 Å². The summed E-state index contributed by atoms with van der Waals surface area (Å²) in [6.45, 7) is 5.04. The van der Waals surface area contributed by atoms with Gasteiger partial charge in [-0.2, -0.15) is 0 Å². The van der Waals surface area contributed by atoms with Gasteiger partial charge in [0.1, 0.15) is 5.82 Å². The average Bonchev–Trinajstić information content (AvgIpc) is 2.71. The van der Waals surface area contributed by atoms with Crippen molar-refractivity contribution >= 4 is 23.5 Å². The first-order valence-corrected chi connectivity index (χ1v) is 10.6. The van der Waals surface area contributed by atoms with E-state index in [9.17, 15) is 4.79 Å². The summed E-state index contributed by atoms with van der Waals surface area (Å²) in [7, 11) is 0. The largest absolute Gasteiger partial charge is 0.381 e. The van der Waals surface area contributed by atoms with Crippen molar-refractivity contribution in [1.82, 2.24) is 14.9 Å². The van der Waals surface area contributed by atoms with Crippen molar-refractivity contribution in [3.8, 4) is 0 Å². The summed E-state index contributed by atoms with van der Waals surface area (Å²) in [6, 6.07) is 5.88. The van der Waals surface area contributed by atoms with Crippen LogP contribution in [0.3, 0.4) is 0 Å². The molecule has 0 bridgehead atoms. The first kappa shape index (κ1) is 20.8. The molecule has 4 rings (SSSR count). The number of aryl methyl sites for hydroxylation is 1. The molecule has 2 aromatic rings. The second-order valence-corrected chi connectivity index (χ2v) is 8.50. The van der Waals surface area contributed by atoms with Crippen LogP contribution in [0.1, 0.15) is 48.7 Å². The Labute approximate surface area is 181 Å². The van der Waals surface area contributed by atoms with Crippen molar-refractivity contribution in [3.63, 3.8) is 0 Å². The number of halogens is 1. The third-order valence-corrected chi connectivity index (χ3v) is 6.26. The Morgan fingerprint density at radius 3 is 2.63 bits per heavy atom. The van der Waals surface area contributed by atoms with Gasteiger partial charge in [0.25, 0.3) is 0 Å². The molecule has 2 aliphatic rings. The molecule has 0 spiro atoms. The molecule has 2 N–H and O–H groups in total. The Morgan fingerprint density at radius 2 is 1.97 bits per heavy atom. The molecule has 1 aromatic carbocycles. The fraction of sp³-hybridized carbons (Fsp3) is 0.455. The van der Waals surface area contributed by atoms with Crippen molar-refractivity contribution in [2.24, 2.45) is 10.7 Å². The highest BCUT2D eigenvalue weighted by Crippen LogP contribution is 2.39. The van der Waals surface area contributed by atoms with Crippen LogP contribution in [0.2, 0.25) is 5.02 Å². The van der Waals surface area contributed by atoms with Gasteiger partial charge in [-0.15, -0.1) is 0 Å². The second-order valence-electron chi connectivity index (χ2n) is 8.12. The molecule has 1 saturated heterocycles. The van der Waals surface area contributed by atoms with Gasteiger partial charge in [0.15, 0.2) is 5.96 Å². The van der Waals surface area contributed by atoms with Crippen LogP contribution in [0.15, 0.2) is 35.6 Å². The summed E-state index contributed by atoms with van der Waals surface area (Å²) < 4.78 is 5.41. The number of amides is 1. The molecule has 0 radical (unpaired) electrons. The minimum atomic E-state index is -0.806. The number of carbonyl (C=O) groups is 1. The van der Waals surface area contributed by atoms with E-state index in [-0.39, 0.29) is 24.3 Å². The quantitative estimate of drug-likeness (QED) is 0.809. The third-order valence-electron chi connectivity index (χ3n) is 5.82. The van der Waals surface area contributed by atoms with Gasteiger partial charge in [-0.05, 0) is 43.4 Å². The normalized spacial score (nSPS) is 22.8. The molecular weight excluding hydrogens is 402 g/mol. The van der Waals surface area contributed by atoms with Gasteiger partial charge in [-0.1, -0.05) is 29.8 Å². The number of benzene rings is 1. The summed E-state index contributed by atoms with van der Waals surface area (Å²) in [5.74, 6) is 0.963. The average molecular weight is 428 g/mol. The van der Waals surface area contributed by atoms with Crippen LogP contribution >= 0.6 is 11.6 Å². The van der Waals surface area contributed by atoms with Gasteiger partial charge in [-0.3, -0.25) is 9.69 Å². The molecule has 7 nitrogen and oxygen atoms in total. The first-order chi connectivity index (χ1) is 14.4. The Morgan fingerprint density at radius 1 is 1.27 bits per heavy atom. The molecule has 158 valence electrons. The smallest absolute Gasteiger partial charge is 0.232 e. The maximum absolute atomic E-state index is 13.1. The number of nitrogens with zero attached hydrogens (tertiary/aromatic N) is 4. The van der Waals surface area contributed by atoms with Crippen LogP contribution in [0.5, 0.6) is 0 Å². The number of aliphatic imine (C=N–C) groups is 1. The van der Waals surface area contributed by atoms with Crippen LogP contribution in [-0.2, 0) is 21.5 Å². The monoisotopic (exact) mass is 427 g/mol. The highest BCUT2D eigenvalue weighted by atomic mass is 35.5. The van der Waals surface area contributed by atoms with Crippen LogP contribution in [-0.4, -0.2) is 46.0 Å². The van der Waals surface area contributed by atoms with Crippen LogP contribution in [0.25, 0.3) is 0 Å². The Hall–Kier alpha value is -2.51. The van der Waals surface area contributed by atoms with E-state index in [1.54, 1.807) is 17.3 Å². The van der Waals surface area contributed by atoms with E-state index in [2.05, 4.69) is 9.97 Å². The lowest BCUT2D eigenvalue weighted by molar-refractivity contribution is -0.132. The Kier molecular flexibility index (Phi) is 5.75. The van der Waals surface area contributed by atoms with E-state index in [1.165, 1.54) is 0 Å². The predicted octanol–water partition coefficient (Wildman–Crippen LogP) is 2.97. The zero-order valence-corrected chi connectivity index (χ0v) is 18.0. The Bertz CT molecular complexity index is 972. The van der Waals surface area contributed by atoms with Crippen molar-refractivity contribution < 1.29 is 9.53 Å². The van der Waals surface area contributed by atoms with Gasteiger partial charge in [-0.25, -0.2) is 15.0 Å². The summed E-state index contributed by atoms with van der Waals surface area (Å²) in [5, 5.41) is 0.601. The lowest BCUT2D eigenvalue weighted by Crippen LogP contribution is -2.55. The van der Waals surface area contributed by atoms with Crippen molar-refractivity contribution in [1.29, 1.82) is 0 Å². The highest BCUT2D eigenvalue weighted by molar-refractivity contribution is 6.32. The standard InChI is InChI=1S/C22H26ClN5O2/c1-14-25-12-15(13-26-14)10-16-4-3-5-18(20(16)23)22(2)11-19(29)28(21(24)27-22)17-6-8-30-9-7-17/h3-5,12-13,17H,6-11H2,1-2H3,(H2,24,27)/t22-/m0/s1. The summed E-state index contributed by atoms with van der Waals surface area (Å²) in [5.41, 5.74) is 8.20. The fourth-order valence-corrected chi connectivity index (χ4v) is 4.60. The third kappa shape index (κ3) is 4.04. The zero-order chi connectivity index (χ0) is 21.3. The van der Waals surface area contributed by atoms with Crippen LogP contribution < -0.4 is 5.73 Å². The van der Waals surface area contributed by atoms with Gasteiger partial charge in [0.2, 0.25) is 5.91 Å². The van der Waals surface area contributed by atoms with Gasteiger partial charge in [0.05, 0.1) is 12.0 Å². The molecule has 0 unspecified atom stereocenters. The summed E-state index contributed by atoms with van der Waals surface area (Å²) >= 11 is 6.80. The molecule has 3 heterocycles. The SMILES string of the molecule is Cc1ncc(Cc2cccc([C@]3(C)CC(=O)N(C4CCOCC4)C(N)=N3)c2Cl)cn1. The Balaban J connectivity index is 1.63. The highest BCUT2D eigenvalue weighted by Gasteiger charge is 2.41. The molecule has 2 aliphatic heterocycles. The minimum Gasteiger partial charge on any atom is -0.381 e. The molecule has 1 aromatic heterocycles. The fourth-order valence-electron chi connectivity index (χ4n) is 4.21. The zero-order valence-electron chi connectivity index (χ0n) is 17.3. The number of hydrogen-bond acceptors (Lipinski definition) is 6. The van der Waals surface area contributed by atoms with E-state index < -0.39 is 5.54 Å². The topological polar surface area (TPSA) is 93.7 Å². The summed E-state index contributed by atoms with van der Waals surface area (Å²) in [6.07, 6.45) is 5.98. The lowest BCUT2D eigenvalue weighted by atomic mass is 9.85. The van der Waals surface area contributed by atoms with E-state index >= 15 is 0 Å². The van der Waals surface area contributed by atoms with Crippen molar-refractivity contribution in [2.75, 3.05) is 13.2 Å². The lowest BCUT2D eigenvalue weighted by Gasteiger charge is -2.40. The molecule has 1 atom stereocenters. The van der Waals surface area contributed by atoms with Crippen molar-refractivity contribution in [3.05, 3.63) is 58.1 Å². The van der Waals surface area contributed by atoms with Crippen LogP contribution in [0.4, 0.5) is 0 Å². The molecule has 0 saturated carbocycles. The molecule has 1 fully saturated rings. The second kappa shape index (κ2) is 8.32. The summed E-state index contributed by atoms with van der Waals surface area (Å²) in [4.78, 5) is 28.0. The van der Waals surface area contributed by atoms with Gasteiger partial charge < -0.3 is 10.5 Å².